The van der Waals surface area contributed by atoms with Crippen LogP contribution < -0.4 is 0 Å². The van der Waals surface area contributed by atoms with Crippen molar-refractivity contribution in [2.24, 2.45) is 0 Å². The summed E-state index contributed by atoms with van der Waals surface area (Å²) in [5.41, 5.74) is 2.11. The van der Waals surface area contributed by atoms with Crippen LogP contribution in [0, 0.1) is 0 Å². The van der Waals surface area contributed by atoms with Crippen molar-refractivity contribution in [1.82, 2.24) is 9.97 Å². The van der Waals surface area contributed by atoms with Crippen molar-refractivity contribution in [3.8, 4) is 0 Å². The Balaban J connectivity index is 2.20. The highest BCUT2D eigenvalue weighted by atomic mass is 16.3. The SMILES string of the molecule is OC1(c2ccc3nccnc3c2)CC1. The van der Waals surface area contributed by atoms with Crippen molar-refractivity contribution in [3.63, 3.8) is 0 Å². The summed E-state index contributed by atoms with van der Waals surface area (Å²) in [6.45, 7) is 0. The van der Waals surface area contributed by atoms with Crippen LogP contribution in [0.5, 0.6) is 0 Å². The molecular formula is C11H10N2O. The van der Waals surface area contributed by atoms with Crippen LogP contribution in [0.4, 0.5) is 0 Å². The molecule has 0 spiro atoms. The molecular weight excluding hydrogens is 176 g/mol. The van der Waals surface area contributed by atoms with Crippen LogP contribution >= 0.6 is 0 Å². The molecule has 0 amide bonds. The van der Waals surface area contributed by atoms with E-state index in [2.05, 4.69) is 9.97 Å². The monoisotopic (exact) mass is 186 g/mol. The molecule has 1 heterocycles. The molecule has 3 heteroatoms. The van der Waals surface area contributed by atoms with Crippen molar-refractivity contribution in [2.75, 3.05) is 0 Å². The zero-order chi connectivity index (χ0) is 9.60. The molecule has 0 aliphatic heterocycles. The van der Waals surface area contributed by atoms with Gasteiger partial charge in [-0.2, -0.15) is 0 Å². The summed E-state index contributed by atoms with van der Waals surface area (Å²) >= 11 is 0. The third-order valence-electron chi connectivity index (χ3n) is 2.73. The van der Waals surface area contributed by atoms with E-state index in [1.807, 2.05) is 18.2 Å². The summed E-state index contributed by atoms with van der Waals surface area (Å²) in [5.74, 6) is 0. The van der Waals surface area contributed by atoms with Crippen molar-refractivity contribution >= 4 is 11.0 Å². The highest BCUT2D eigenvalue weighted by Crippen LogP contribution is 2.45. The fraction of sp³-hybridized carbons (Fsp3) is 0.273. The van der Waals surface area contributed by atoms with E-state index >= 15 is 0 Å². The Morgan fingerprint density at radius 3 is 2.50 bits per heavy atom. The average Bonchev–Trinajstić information content (AvgIpc) is 2.97. The van der Waals surface area contributed by atoms with Crippen LogP contribution in [0.1, 0.15) is 18.4 Å². The van der Waals surface area contributed by atoms with Crippen LogP contribution in [0.2, 0.25) is 0 Å². The normalized spacial score (nSPS) is 18.4. The molecule has 14 heavy (non-hydrogen) atoms. The van der Waals surface area contributed by atoms with Gasteiger partial charge < -0.3 is 5.11 Å². The first-order valence-electron chi connectivity index (χ1n) is 4.72. The molecule has 0 saturated heterocycles. The molecule has 0 atom stereocenters. The van der Waals surface area contributed by atoms with Gasteiger partial charge in [0.25, 0.3) is 0 Å². The van der Waals surface area contributed by atoms with E-state index in [-0.39, 0.29) is 0 Å². The third-order valence-corrected chi connectivity index (χ3v) is 2.73. The van der Waals surface area contributed by atoms with Crippen molar-refractivity contribution in [1.29, 1.82) is 0 Å². The number of benzene rings is 1. The fourth-order valence-electron chi connectivity index (χ4n) is 1.66. The number of rotatable bonds is 1. The third kappa shape index (κ3) is 1.09. The van der Waals surface area contributed by atoms with Crippen LogP contribution in [-0.4, -0.2) is 15.1 Å². The quantitative estimate of drug-likeness (QED) is 0.736. The summed E-state index contributed by atoms with van der Waals surface area (Å²) < 4.78 is 0. The number of fused-ring (bicyclic) bond motifs is 1. The second-order valence-electron chi connectivity index (χ2n) is 3.79. The zero-order valence-electron chi connectivity index (χ0n) is 7.64. The molecule has 1 fully saturated rings. The van der Waals surface area contributed by atoms with Gasteiger partial charge in [-0.25, -0.2) is 0 Å². The maximum atomic E-state index is 9.91. The minimum absolute atomic E-state index is 0.578. The molecule has 70 valence electrons. The highest BCUT2D eigenvalue weighted by Gasteiger charge is 2.42. The van der Waals surface area contributed by atoms with Gasteiger partial charge in [-0.1, -0.05) is 6.07 Å². The van der Waals surface area contributed by atoms with Crippen LogP contribution in [0.25, 0.3) is 11.0 Å². The molecule has 3 nitrogen and oxygen atoms in total. The smallest absolute Gasteiger partial charge is 0.0899 e. The average molecular weight is 186 g/mol. The molecule has 1 saturated carbocycles. The van der Waals surface area contributed by atoms with Gasteiger partial charge in [0.2, 0.25) is 0 Å². The van der Waals surface area contributed by atoms with Gasteiger partial charge in [-0.15, -0.1) is 0 Å². The Labute approximate surface area is 81.4 Å². The topological polar surface area (TPSA) is 46.0 Å². The first-order valence-corrected chi connectivity index (χ1v) is 4.72. The lowest BCUT2D eigenvalue weighted by molar-refractivity contribution is 0.151. The second kappa shape index (κ2) is 2.51. The molecule has 2 aromatic rings. The minimum Gasteiger partial charge on any atom is -0.385 e. The van der Waals surface area contributed by atoms with E-state index < -0.39 is 5.60 Å². The van der Waals surface area contributed by atoms with E-state index in [0.29, 0.717) is 0 Å². The first kappa shape index (κ1) is 7.88. The van der Waals surface area contributed by atoms with E-state index in [1.54, 1.807) is 12.4 Å². The lowest BCUT2D eigenvalue weighted by atomic mass is 10.1. The maximum Gasteiger partial charge on any atom is 0.0899 e. The maximum absolute atomic E-state index is 9.91. The van der Waals surface area contributed by atoms with Gasteiger partial charge >= 0.3 is 0 Å². The molecule has 0 unspecified atom stereocenters. The second-order valence-corrected chi connectivity index (χ2v) is 3.79. The first-order chi connectivity index (χ1) is 6.78. The molecule has 1 aromatic heterocycles. The van der Waals surface area contributed by atoms with E-state index in [0.717, 1.165) is 29.4 Å². The standard InChI is InChI=1S/C11H10N2O/c14-11(3-4-11)8-1-2-9-10(7-8)13-6-5-12-9/h1-2,5-7,14H,3-4H2. The highest BCUT2D eigenvalue weighted by molar-refractivity contribution is 5.74. The lowest BCUT2D eigenvalue weighted by Crippen LogP contribution is -2.03. The largest absolute Gasteiger partial charge is 0.385 e. The summed E-state index contributed by atoms with van der Waals surface area (Å²) in [4.78, 5) is 8.39. The zero-order valence-corrected chi connectivity index (χ0v) is 7.64. The van der Waals surface area contributed by atoms with Crippen molar-refractivity contribution in [3.05, 3.63) is 36.2 Å². The van der Waals surface area contributed by atoms with E-state index in [1.165, 1.54) is 0 Å². The van der Waals surface area contributed by atoms with Gasteiger partial charge in [-0.05, 0) is 30.5 Å². The summed E-state index contributed by atoms with van der Waals surface area (Å²) in [7, 11) is 0. The molecule has 0 bridgehead atoms. The summed E-state index contributed by atoms with van der Waals surface area (Å²) in [5, 5.41) is 9.91. The Bertz CT molecular complexity index is 491. The fourth-order valence-corrected chi connectivity index (χ4v) is 1.66. The number of hydrogen-bond donors (Lipinski definition) is 1. The van der Waals surface area contributed by atoms with Gasteiger partial charge in [0.15, 0.2) is 0 Å². The number of aromatic nitrogens is 2. The van der Waals surface area contributed by atoms with Gasteiger partial charge in [0, 0.05) is 12.4 Å². The Hall–Kier alpha value is -1.48. The van der Waals surface area contributed by atoms with Crippen molar-refractivity contribution in [2.45, 2.75) is 18.4 Å². The van der Waals surface area contributed by atoms with Crippen LogP contribution in [0.15, 0.2) is 30.6 Å². The molecule has 1 N–H and O–H groups in total. The number of nitrogens with zero attached hydrogens (tertiary/aromatic N) is 2. The minimum atomic E-state index is -0.578. The van der Waals surface area contributed by atoms with Gasteiger partial charge in [0.1, 0.15) is 0 Å². The van der Waals surface area contributed by atoms with E-state index in [4.69, 9.17) is 0 Å². The Morgan fingerprint density at radius 1 is 1.07 bits per heavy atom. The Kier molecular flexibility index (Phi) is 1.42. The predicted octanol–water partition coefficient (Wildman–Crippen LogP) is 1.61. The number of aliphatic hydroxyl groups is 1. The van der Waals surface area contributed by atoms with Gasteiger partial charge in [0.05, 0.1) is 16.6 Å². The summed E-state index contributed by atoms with van der Waals surface area (Å²) in [6, 6.07) is 5.77. The molecule has 1 aliphatic rings. The molecule has 1 aromatic carbocycles. The van der Waals surface area contributed by atoms with Crippen LogP contribution in [0.3, 0.4) is 0 Å². The summed E-state index contributed by atoms with van der Waals surface area (Å²) in [6.07, 6.45) is 5.06. The molecule has 0 radical (unpaired) electrons. The Morgan fingerprint density at radius 2 is 1.79 bits per heavy atom. The molecule has 3 rings (SSSR count). The van der Waals surface area contributed by atoms with Crippen molar-refractivity contribution < 1.29 is 5.11 Å². The van der Waals surface area contributed by atoms with Crippen LogP contribution in [-0.2, 0) is 5.60 Å². The number of hydrogen-bond acceptors (Lipinski definition) is 3. The van der Waals surface area contributed by atoms with E-state index in [9.17, 15) is 5.11 Å². The predicted molar refractivity (Wildman–Crippen MR) is 52.7 cm³/mol. The lowest BCUT2D eigenvalue weighted by Gasteiger charge is -2.07. The molecule has 1 aliphatic carbocycles. The van der Waals surface area contributed by atoms with Gasteiger partial charge in [-0.3, -0.25) is 9.97 Å².